The van der Waals surface area contributed by atoms with Crippen molar-refractivity contribution in [2.24, 2.45) is 0 Å². The van der Waals surface area contributed by atoms with Crippen LogP contribution >= 0.6 is 11.3 Å². The van der Waals surface area contributed by atoms with Crippen LogP contribution in [-0.4, -0.2) is 35.7 Å². The number of aryl methyl sites for hydroxylation is 1. The zero-order chi connectivity index (χ0) is 18.0. The highest BCUT2D eigenvalue weighted by Crippen LogP contribution is 2.34. The summed E-state index contributed by atoms with van der Waals surface area (Å²) in [6, 6.07) is 7.18. The van der Waals surface area contributed by atoms with Crippen molar-refractivity contribution in [1.29, 1.82) is 0 Å². The van der Waals surface area contributed by atoms with Gasteiger partial charge in [0.1, 0.15) is 11.0 Å². The van der Waals surface area contributed by atoms with Crippen LogP contribution in [0.4, 0.5) is 5.13 Å². The molecule has 0 unspecified atom stereocenters. The minimum absolute atomic E-state index is 0.280. The Morgan fingerprint density at radius 2 is 1.96 bits per heavy atom. The van der Waals surface area contributed by atoms with Crippen molar-refractivity contribution in [3.8, 4) is 11.5 Å². The molecule has 0 saturated heterocycles. The Hall–Kier alpha value is -2.61. The Morgan fingerprint density at radius 3 is 2.64 bits per heavy atom. The number of benzene rings is 1. The molecular weight excluding hydrogens is 344 g/mol. The molecule has 0 bridgehead atoms. The summed E-state index contributed by atoms with van der Waals surface area (Å²) in [4.78, 5) is 29.0. The van der Waals surface area contributed by atoms with Crippen LogP contribution < -0.4 is 14.8 Å². The van der Waals surface area contributed by atoms with Crippen LogP contribution in [0, 0.1) is 6.92 Å². The molecule has 0 spiro atoms. The summed E-state index contributed by atoms with van der Waals surface area (Å²) in [5, 5.41) is 3.01. The zero-order valence-corrected chi connectivity index (χ0v) is 14.9. The van der Waals surface area contributed by atoms with Gasteiger partial charge in [0, 0.05) is 0 Å². The number of ether oxygens (including phenoxy) is 3. The van der Waals surface area contributed by atoms with Gasteiger partial charge in [-0.15, -0.1) is 0 Å². The van der Waals surface area contributed by atoms with E-state index in [-0.39, 0.29) is 12.5 Å². The lowest BCUT2D eigenvalue weighted by molar-refractivity contribution is -0.128. The van der Waals surface area contributed by atoms with E-state index in [0.717, 1.165) is 11.3 Å². The SMILES string of the molecule is CCOC(=O)c1sc(NC(=O)[C@H]2Oc3ccccc3O[C@H]2C)nc1C. The molecule has 2 aromatic rings. The largest absolute Gasteiger partial charge is 0.482 e. The van der Waals surface area contributed by atoms with Crippen molar-refractivity contribution < 1.29 is 23.8 Å². The van der Waals surface area contributed by atoms with Gasteiger partial charge in [0.05, 0.1) is 12.3 Å². The first-order valence-electron chi connectivity index (χ1n) is 7.87. The molecule has 0 saturated carbocycles. The third kappa shape index (κ3) is 3.58. The van der Waals surface area contributed by atoms with Crippen molar-refractivity contribution >= 4 is 28.3 Å². The van der Waals surface area contributed by atoms with E-state index < -0.39 is 18.2 Å². The molecule has 25 heavy (non-hydrogen) atoms. The fraction of sp³-hybridized carbons (Fsp3) is 0.353. The van der Waals surface area contributed by atoms with Gasteiger partial charge in [-0.3, -0.25) is 10.1 Å². The highest BCUT2D eigenvalue weighted by molar-refractivity contribution is 7.17. The molecule has 0 fully saturated rings. The molecule has 7 nitrogen and oxygen atoms in total. The molecular formula is C17H18N2O5S. The minimum atomic E-state index is -0.815. The van der Waals surface area contributed by atoms with Gasteiger partial charge in [0.2, 0.25) is 6.10 Å². The average molecular weight is 362 g/mol. The van der Waals surface area contributed by atoms with E-state index in [1.165, 1.54) is 0 Å². The number of hydrogen-bond acceptors (Lipinski definition) is 7. The third-order valence-electron chi connectivity index (χ3n) is 3.59. The standard InChI is InChI=1S/C17H18N2O5S/c1-4-22-16(21)14-9(2)18-17(25-14)19-15(20)13-10(3)23-11-7-5-6-8-12(11)24-13/h5-8,10,13H,4H2,1-3H3,(H,18,19,20)/t10-,13-/m0/s1. The second-order valence-electron chi connectivity index (χ2n) is 5.45. The van der Waals surface area contributed by atoms with E-state index in [1.807, 2.05) is 12.1 Å². The predicted molar refractivity (Wildman–Crippen MR) is 92.4 cm³/mol. The smallest absolute Gasteiger partial charge is 0.350 e. The first-order valence-corrected chi connectivity index (χ1v) is 8.69. The molecule has 0 aliphatic carbocycles. The summed E-state index contributed by atoms with van der Waals surface area (Å²) in [6.07, 6.45) is -1.27. The highest BCUT2D eigenvalue weighted by atomic mass is 32.1. The zero-order valence-electron chi connectivity index (χ0n) is 14.1. The number of esters is 1. The maximum Gasteiger partial charge on any atom is 0.350 e. The number of fused-ring (bicyclic) bond motifs is 1. The van der Waals surface area contributed by atoms with E-state index in [9.17, 15) is 9.59 Å². The number of nitrogens with one attached hydrogen (secondary N) is 1. The lowest BCUT2D eigenvalue weighted by Crippen LogP contribution is -2.46. The summed E-state index contributed by atoms with van der Waals surface area (Å²) in [5.41, 5.74) is 0.512. The predicted octanol–water partition coefficient (Wildman–Crippen LogP) is 2.80. The van der Waals surface area contributed by atoms with Crippen LogP contribution in [0.5, 0.6) is 11.5 Å². The van der Waals surface area contributed by atoms with Crippen molar-refractivity contribution in [2.75, 3.05) is 11.9 Å². The maximum atomic E-state index is 12.5. The quantitative estimate of drug-likeness (QED) is 0.842. The lowest BCUT2D eigenvalue weighted by Gasteiger charge is -2.30. The van der Waals surface area contributed by atoms with Crippen molar-refractivity contribution in [2.45, 2.75) is 33.0 Å². The molecule has 1 N–H and O–H groups in total. The fourth-order valence-electron chi connectivity index (χ4n) is 2.42. The van der Waals surface area contributed by atoms with E-state index in [0.29, 0.717) is 27.2 Å². The summed E-state index contributed by atoms with van der Waals surface area (Å²) < 4.78 is 16.4. The first kappa shape index (κ1) is 17.2. The molecule has 2 atom stereocenters. The number of anilines is 1. The van der Waals surface area contributed by atoms with Gasteiger partial charge in [0.25, 0.3) is 5.91 Å². The number of para-hydroxylation sites is 2. The molecule has 8 heteroatoms. The lowest BCUT2D eigenvalue weighted by atomic mass is 10.1. The number of nitrogens with zero attached hydrogens (tertiary/aromatic N) is 1. The second kappa shape index (κ2) is 7.10. The van der Waals surface area contributed by atoms with E-state index in [4.69, 9.17) is 14.2 Å². The number of amides is 1. The highest BCUT2D eigenvalue weighted by Gasteiger charge is 2.34. The number of thiazole rings is 1. The molecule has 1 aromatic heterocycles. The van der Waals surface area contributed by atoms with Gasteiger partial charge in [-0.2, -0.15) is 0 Å². The van der Waals surface area contributed by atoms with Gasteiger partial charge in [-0.05, 0) is 32.9 Å². The summed E-state index contributed by atoms with van der Waals surface area (Å²) in [7, 11) is 0. The molecule has 0 radical (unpaired) electrons. The first-order chi connectivity index (χ1) is 12.0. The fourth-order valence-corrected chi connectivity index (χ4v) is 3.28. The van der Waals surface area contributed by atoms with Crippen LogP contribution in [0.15, 0.2) is 24.3 Å². The van der Waals surface area contributed by atoms with Crippen LogP contribution in [-0.2, 0) is 9.53 Å². The van der Waals surface area contributed by atoms with Crippen LogP contribution in [0.3, 0.4) is 0 Å². The van der Waals surface area contributed by atoms with Crippen molar-refractivity contribution in [3.05, 3.63) is 34.8 Å². The Morgan fingerprint density at radius 1 is 1.28 bits per heavy atom. The number of hydrogen-bond donors (Lipinski definition) is 1. The summed E-state index contributed by atoms with van der Waals surface area (Å²) >= 11 is 1.07. The third-order valence-corrected chi connectivity index (χ3v) is 4.64. The normalized spacial score (nSPS) is 18.5. The van der Waals surface area contributed by atoms with E-state index in [1.54, 1.807) is 32.9 Å². The van der Waals surface area contributed by atoms with Crippen molar-refractivity contribution in [3.63, 3.8) is 0 Å². The molecule has 2 heterocycles. The number of aromatic nitrogens is 1. The van der Waals surface area contributed by atoms with Gasteiger partial charge in [0.15, 0.2) is 16.6 Å². The van der Waals surface area contributed by atoms with Gasteiger partial charge in [-0.1, -0.05) is 23.5 Å². The topological polar surface area (TPSA) is 86.8 Å². The molecule has 132 valence electrons. The second-order valence-corrected chi connectivity index (χ2v) is 6.45. The molecule has 1 aromatic carbocycles. The van der Waals surface area contributed by atoms with Crippen LogP contribution in [0.1, 0.15) is 29.2 Å². The number of rotatable bonds is 4. The summed E-state index contributed by atoms with van der Waals surface area (Å²) in [6.45, 7) is 5.47. The maximum absolute atomic E-state index is 12.5. The van der Waals surface area contributed by atoms with Crippen LogP contribution in [0.25, 0.3) is 0 Å². The van der Waals surface area contributed by atoms with Crippen molar-refractivity contribution in [1.82, 2.24) is 4.98 Å². The number of carbonyl (C=O) groups excluding carboxylic acids is 2. The number of carbonyl (C=O) groups is 2. The molecule has 3 rings (SSSR count). The van der Waals surface area contributed by atoms with Gasteiger partial charge < -0.3 is 14.2 Å². The van der Waals surface area contributed by atoms with Gasteiger partial charge >= 0.3 is 5.97 Å². The van der Waals surface area contributed by atoms with E-state index in [2.05, 4.69) is 10.3 Å². The summed E-state index contributed by atoms with van der Waals surface area (Å²) in [5.74, 6) is 0.292. The van der Waals surface area contributed by atoms with Crippen LogP contribution in [0.2, 0.25) is 0 Å². The van der Waals surface area contributed by atoms with E-state index >= 15 is 0 Å². The molecule has 1 aliphatic rings. The minimum Gasteiger partial charge on any atom is -0.482 e. The molecule has 1 amide bonds. The Balaban J connectivity index is 1.73. The Labute approximate surface area is 148 Å². The average Bonchev–Trinajstić information content (AvgIpc) is 2.94. The monoisotopic (exact) mass is 362 g/mol. The Bertz CT molecular complexity index is 804. The van der Waals surface area contributed by atoms with Gasteiger partial charge in [-0.25, -0.2) is 9.78 Å². The molecule has 1 aliphatic heterocycles. The Kier molecular flexibility index (Phi) is 4.89.